The number of fused-ring (bicyclic) bond motifs is 3. The van der Waals surface area contributed by atoms with Crippen molar-refractivity contribution >= 4 is 29.0 Å². The van der Waals surface area contributed by atoms with E-state index in [0.717, 1.165) is 18.6 Å². The number of unbranched alkanes of at least 4 members (excludes halogenated alkanes) is 1. The van der Waals surface area contributed by atoms with Crippen LogP contribution in [0.1, 0.15) is 44.2 Å². The minimum Gasteiger partial charge on any atom is -0.452 e. The maximum Gasteiger partial charge on any atom is 0.325 e. The van der Waals surface area contributed by atoms with Gasteiger partial charge in [-0.15, -0.1) is 0 Å². The van der Waals surface area contributed by atoms with Gasteiger partial charge in [0.05, 0.1) is 16.2 Å². The van der Waals surface area contributed by atoms with E-state index in [4.69, 9.17) is 9.52 Å². The topological polar surface area (TPSA) is 126 Å². The molecule has 0 bridgehead atoms. The molecule has 3 heterocycles. The van der Waals surface area contributed by atoms with Crippen molar-refractivity contribution in [3.63, 3.8) is 0 Å². The zero-order valence-electron chi connectivity index (χ0n) is 21.1. The van der Waals surface area contributed by atoms with Crippen LogP contribution in [0.25, 0.3) is 22.6 Å². The highest BCUT2D eigenvalue weighted by atomic mass is 32.2. The van der Waals surface area contributed by atoms with Crippen LogP contribution in [-0.4, -0.2) is 26.7 Å². The largest absolute Gasteiger partial charge is 0.452 e. The van der Waals surface area contributed by atoms with Gasteiger partial charge in [0.25, 0.3) is 5.69 Å². The van der Waals surface area contributed by atoms with E-state index in [9.17, 15) is 19.7 Å². The standard InChI is InChI=1S/C27H25N5O5S/c1-4-5-14-38-27-28-25(34)24-20-8-6-7-9-21(20)30(17(3)33)26(31(24)29-27)23-13-12-22(37-23)19-11-10-18(32(35)36)15-16(19)2/h6-13,15,26H,4-5,14H2,1-3H3/p+1/t26-/m0/s1. The second-order valence-electron chi connectivity index (χ2n) is 8.99. The van der Waals surface area contributed by atoms with Gasteiger partial charge in [0, 0.05) is 35.5 Å². The molecule has 1 aliphatic heterocycles. The van der Waals surface area contributed by atoms with Crippen molar-refractivity contribution in [2.24, 2.45) is 0 Å². The van der Waals surface area contributed by atoms with Crippen LogP contribution in [0.5, 0.6) is 0 Å². The molecule has 5 rings (SSSR count). The Labute approximate surface area is 222 Å². The molecule has 0 spiro atoms. The first-order chi connectivity index (χ1) is 18.3. The molecule has 38 heavy (non-hydrogen) atoms. The monoisotopic (exact) mass is 532 g/mol. The molecule has 1 atom stereocenters. The van der Waals surface area contributed by atoms with Crippen LogP contribution in [0.2, 0.25) is 0 Å². The molecule has 4 aromatic rings. The average molecular weight is 533 g/mol. The van der Waals surface area contributed by atoms with Gasteiger partial charge in [-0.1, -0.05) is 37.2 Å². The summed E-state index contributed by atoms with van der Waals surface area (Å²) >= 11 is 1.45. The molecule has 0 fully saturated rings. The van der Waals surface area contributed by atoms with Crippen molar-refractivity contribution in [1.29, 1.82) is 0 Å². The molecule has 10 nitrogen and oxygen atoms in total. The second-order valence-corrected chi connectivity index (χ2v) is 10.1. The Balaban J connectivity index is 1.67. The predicted molar refractivity (Wildman–Crippen MR) is 143 cm³/mol. The quantitative estimate of drug-likeness (QED) is 0.117. The SMILES string of the molecule is CCCCSc1n[n+]2c(c(=O)[nH]1)-c1ccccc1N(C(C)=O)[C@@H]2c1ccc(-c2ccc([N+](=O)[O-])cc2C)o1. The number of nitrogens with one attached hydrogen (secondary N) is 1. The highest BCUT2D eigenvalue weighted by molar-refractivity contribution is 7.99. The van der Waals surface area contributed by atoms with Gasteiger partial charge in [0.1, 0.15) is 5.76 Å². The first-order valence-electron chi connectivity index (χ1n) is 12.2. The third kappa shape index (κ3) is 4.49. The van der Waals surface area contributed by atoms with Crippen LogP contribution in [0.15, 0.2) is 69.0 Å². The summed E-state index contributed by atoms with van der Waals surface area (Å²) in [7, 11) is 0. The fourth-order valence-electron chi connectivity index (χ4n) is 4.62. The van der Waals surface area contributed by atoms with E-state index < -0.39 is 11.1 Å². The van der Waals surface area contributed by atoms with Crippen molar-refractivity contribution in [1.82, 2.24) is 10.1 Å². The number of H-pyrrole nitrogens is 1. The number of anilines is 1. The van der Waals surface area contributed by atoms with Gasteiger partial charge < -0.3 is 4.42 Å². The number of aryl methyl sites for hydroxylation is 1. The zero-order valence-corrected chi connectivity index (χ0v) is 21.9. The number of hydrogen-bond donors (Lipinski definition) is 1. The molecule has 194 valence electrons. The number of non-ortho nitro benzene ring substituents is 1. The Morgan fingerprint density at radius 3 is 2.71 bits per heavy atom. The minimum absolute atomic E-state index is 0.00863. The second kappa shape index (κ2) is 10.3. The number of aromatic nitrogens is 3. The number of carbonyl (C=O) groups excluding carboxylic acids is 1. The van der Waals surface area contributed by atoms with Crippen molar-refractivity contribution in [2.75, 3.05) is 10.7 Å². The van der Waals surface area contributed by atoms with E-state index in [-0.39, 0.29) is 17.2 Å². The number of hydrogen-bond acceptors (Lipinski definition) is 7. The molecule has 0 unspecified atom stereocenters. The summed E-state index contributed by atoms with van der Waals surface area (Å²) < 4.78 is 7.84. The number of rotatable bonds is 7. The van der Waals surface area contributed by atoms with E-state index in [1.807, 2.05) is 12.1 Å². The van der Waals surface area contributed by atoms with E-state index in [1.165, 1.54) is 30.8 Å². The maximum absolute atomic E-state index is 13.4. The van der Waals surface area contributed by atoms with Crippen molar-refractivity contribution in [2.45, 2.75) is 44.9 Å². The highest BCUT2D eigenvalue weighted by Crippen LogP contribution is 2.39. The summed E-state index contributed by atoms with van der Waals surface area (Å²) in [6.45, 7) is 5.33. The minimum atomic E-state index is -0.850. The molecule has 0 saturated heterocycles. The van der Waals surface area contributed by atoms with Crippen LogP contribution in [0.3, 0.4) is 0 Å². The van der Waals surface area contributed by atoms with Crippen molar-refractivity contribution in [3.8, 4) is 22.6 Å². The Bertz CT molecular complexity index is 1610. The highest BCUT2D eigenvalue weighted by Gasteiger charge is 2.46. The molecule has 0 saturated carbocycles. The Kier molecular flexibility index (Phi) is 6.85. The molecule has 0 radical (unpaired) electrons. The molecule has 11 heteroatoms. The fraction of sp³-hybridized carbons (Fsp3) is 0.259. The lowest BCUT2D eigenvalue weighted by Crippen LogP contribution is -2.60. The fourth-order valence-corrected chi connectivity index (χ4v) is 5.56. The van der Waals surface area contributed by atoms with Crippen LogP contribution < -0.4 is 15.1 Å². The lowest BCUT2D eigenvalue weighted by molar-refractivity contribution is -0.764. The van der Waals surface area contributed by atoms with Gasteiger partial charge >= 0.3 is 17.4 Å². The van der Waals surface area contributed by atoms with Crippen LogP contribution >= 0.6 is 11.8 Å². The van der Waals surface area contributed by atoms with E-state index >= 15 is 0 Å². The number of carbonyl (C=O) groups is 1. The van der Waals surface area contributed by atoms with Crippen LogP contribution in [0.4, 0.5) is 11.4 Å². The summed E-state index contributed by atoms with van der Waals surface area (Å²) in [4.78, 5) is 41.6. The summed E-state index contributed by atoms with van der Waals surface area (Å²) in [6, 6.07) is 15.3. The van der Waals surface area contributed by atoms with E-state index in [0.29, 0.717) is 44.7 Å². The number of furan rings is 1. The number of nitro groups is 1. The van der Waals surface area contributed by atoms with Crippen molar-refractivity contribution < 1.29 is 18.8 Å². The molecule has 1 N–H and O–H groups in total. The molecular formula is C27H26N5O5S+. The van der Waals surface area contributed by atoms with Crippen LogP contribution in [0, 0.1) is 17.0 Å². The smallest absolute Gasteiger partial charge is 0.325 e. The average Bonchev–Trinajstić information content (AvgIpc) is 3.37. The number of para-hydroxylation sites is 1. The maximum atomic E-state index is 13.4. The summed E-state index contributed by atoms with van der Waals surface area (Å²) in [5.74, 6) is 1.43. The van der Waals surface area contributed by atoms with Crippen LogP contribution in [-0.2, 0) is 4.79 Å². The Morgan fingerprint density at radius 2 is 2.00 bits per heavy atom. The number of amides is 1. The van der Waals surface area contributed by atoms with Gasteiger partial charge in [-0.3, -0.25) is 24.7 Å². The number of benzene rings is 2. The summed E-state index contributed by atoms with van der Waals surface area (Å²) in [5, 5.41) is 16.4. The third-order valence-electron chi connectivity index (χ3n) is 6.40. The van der Waals surface area contributed by atoms with E-state index in [2.05, 4.69) is 11.9 Å². The molecule has 2 aromatic heterocycles. The molecular weight excluding hydrogens is 506 g/mol. The number of aromatic amines is 1. The Morgan fingerprint density at radius 1 is 1.21 bits per heavy atom. The number of nitro benzene ring substituents is 1. The van der Waals surface area contributed by atoms with Gasteiger partial charge in [-0.05, 0) is 53.9 Å². The predicted octanol–water partition coefficient (Wildman–Crippen LogP) is 5.01. The van der Waals surface area contributed by atoms with Gasteiger partial charge in [0.2, 0.25) is 11.1 Å². The third-order valence-corrected chi connectivity index (χ3v) is 7.35. The van der Waals surface area contributed by atoms with Crippen molar-refractivity contribution in [3.05, 3.63) is 86.4 Å². The molecule has 2 aromatic carbocycles. The first-order valence-corrected chi connectivity index (χ1v) is 13.2. The number of thioether (sulfide) groups is 1. The lowest BCUT2D eigenvalue weighted by Gasteiger charge is -2.30. The summed E-state index contributed by atoms with van der Waals surface area (Å²) in [6.07, 6.45) is 1.14. The normalized spacial score (nSPS) is 14.2. The first kappa shape index (κ1) is 25.4. The Hall–Kier alpha value is -4.25. The number of nitrogens with zero attached hydrogens (tertiary/aromatic N) is 4. The molecule has 1 amide bonds. The van der Waals surface area contributed by atoms with Gasteiger partial charge in [-0.25, -0.2) is 4.90 Å². The van der Waals surface area contributed by atoms with Gasteiger partial charge in [0.15, 0.2) is 5.76 Å². The molecule has 0 aliphatic carbocycles. The zero-order chi connectivity index (χ0) is 27.0. The molecule has 1 aliphatic rings. The van der Waals surface area contributed by atoms with Gasteiger partial charge in [-0.2, -0.15) is 0 Å². The summed E-state index contributed by atoms with van der Waals surface area (Å²) in [5.41, 5.74) is 2.54. The van der Waals surface area contributed by atoms with E-state index in [1.54, 1.807) is 46.8 Å². The lowest BCUT2D eigenvalue weighted by atomic mass is 10.0.